The van der Waals surface area contributed by atoms with E-state index in [4.69, 9.17) is 0 Å². The molecule has 2 aromatic rings. The number of H-pyrrole nitrogens is 1. The van der Waals surface area contributed by atoms with Gasteiger partial charge in [0.15, 0.2) is 0 Å². The van der Waals surface area contributed by atoms with Crippen LogP contribution in [-0.4, -0.2) is 44.6 Å². The molecule has 1 aromatic heterocycles. The van der Waals surface area contributed by atoms with E-state index in [9.17, 15) is 4.79 Å². The zero-order valence-corrected chi connectivity index (χ0v) is 14.8. The highest BCUT2D eigenvalue weighted by molar-refractivity contribution is 5.82. The predicted octanol–water partition coefficient (Wildman–Crippen LogP) is 1.86. The van der Waals surface area contributed by atoms with E-state index >= 15 is 0 Å². The number of nitrogens with one attached hydrogen (secondary N) is 2. The monoisotopic (exact) mass is 339 g/mol. The fourth-order valence-corrected chi connectivity index (χ4v) is 3.74. The van der Waals surface area contributed by atoms with Crippen molar-refractivity contribution in [2.75, 3.05) is 13.1 Å². The molecule has 0 spiro atoms. The summed E-state index contributed by atoms with van der Waals surface area (Å²) >= 11 is 0. The van der Waals surface area contributed by atoms with Gasteiger partial charge in [0.2, 0.25) is 5.91 Å². The lowest BCUT2D eigenvalue weighted by Gasteiger charge is -2.41. The summed E-state index contributed by atoms with van der Waals surface area (Å²) in [5.74, 6) is 1.19. The Balaban J connectivity index is 1.32. The van der Waals surface area contributed by atoms with Gasteiger partial charge in [-0.15, -0.1) is 0 Å². The Hall–Kier alpha value is -2.21. The van der Waals surface area contributed by atoms with E-state index in [1.807, 2.05) is 0 Å². The number of benzene rings is 1. The molecule has 1 amide bonds. The van der Waals surface area contributed by atoms with Gasteiger partial charge in [-0.05, 0) is 37.8 Å². The SMILES string of the molecule is CC(C)(CNC(=O)C1CC1c1ncn[nH]1)N1CCc2ccccc2C1. The Morgan fingerprint density at radius 2 is 2.16 bits per heavy atom. The van der Waals surface area contributed by atoms with Crippen LogP contribution in [0.25, 0.3) is 0 Å². The molecule has 2 aliphatic rings. The largest absolute Gasteiger partial charge is 0.354 e. The summed E-state index contributed by atoms with van der Waals surface area (Å²) in [6.45, 7) is 7.06. The fourth-order valence-electron chi connectivity index (χ4n) is 3.74. The zero-order valence-electron chi connectivity index (χ0n) is 14.8. The number of hydrogen-bond acceptors (Lipinski definition) is 4. The number of carbonyl (C=O) groups excluding carboxylic acids is 1. The summed E-state index contributed by atoms with van der Waals surface area (Å²) in [4.78, 5) is 19.1. The Bertz CT molecular complexity index is 755. The number of amides is 1. The summed E-state index contributed by atoms with van der Waals surface area (Å²) in [5.41, 5.74) is 2.78. The van der Waals surface area contributed by atoms with E-state index in [1.165, 1.54) is 17.5 Å². The maximum Gasteiger partial charge on any atom is 0.223 e. The Kier molecular flexibility index (Phi) is 4.07. The summed E-state index contributed by atoms with van der Waals surface area (Å²) in [7, 11) is 0. The summed E-state index contributed by atoms with van der Waals surface area (Å²) in [6.07, 6.45) is 3.43. The van der Waals surface area contributed by atoms with E-state index < -0.39 is 0 Å². The molecular formula is C19H25N5O. The lowest BCUT2D eigenvalue weighted by molar-refractivity contribution is -0.123. The quantitative estimate of drug-likeness (QED) is 0.872. The van der Waals surface area contributed by atoms with Crippen LogP contribution in [-0.2, 0) is 17.8 Å². The van der Waals surface area contributed by atoms with Crippen LogP contribution in [0.2, 0.25) is 0 Å². The minimum atomic E-state index is -0.0696. The van der Waals surface area contributed by atoms with Crippen molar-refractivity contribution < 1.29 is 4.79 Å². The molecule has 1 aliphatic heterocycles. The Morgan fingerprint density at radius 3 is 2.92 bits per heavy atom. The molecule has 0 saturated heterocycles. The average molecular weight is 339 g/mol. The second-order valence-electron chi connectivity index (χ2n) is 7.79. The number of aromatic amines is 1. The van der Waals surface area contributed by atoms with Crippen LogP contribution in [0, 0.1) is 5.92 Å². The lowest BCUT2D eigenvalue weighted by atomic mass is 9.94. The molecule has 0 radical (unpaired) electrons. The highest BCUT2D eigenvalue weighted by atomic mass is 16.2. The van der Waals surface area contributed by atoms with E-state index in [-0.39, 0.29) is 23.3 Å². The molecule has 1 aliphatic carbocycles. The minimum Gasteiger partial charge on any atom is -0.354 e. The first kappa shape index (κ1) is 16.3. The van der Waals surface area contributed by atoms with Crippen molar-refractivity contribution in [1.29, 1.82) is 0 Å². The fraction of sp³-hybridized carbons (Fsp3) is 0.526. The number of hydrogen-bond donors (Lipinski definition) is 2. The molecule has 0 bridgehead atoms. The van der Waals surface area contributed by atoms with Crippen molar-refractivity contribution in [2.45, 2.75) is 44.7 Å². The highest BCUT2D eigenvalue weighted by Gasteiger charge is 2.46. The van der Waals surface area contributed by atoms with Crippen LogP contribution >= 0.6 is 0 Å². The predicted molar refractivity (Wildman–Crippen MR) is 94.9 cm³/mol. The van der Waals surface area contributed by atoms with Gasteiger partial charge in [0.25, 0.3) is 0 Å². The topological polar surface area (TPSA) is 73.9 Å². The number of aromatic nitrogens is 3. The van der Waals surface area contributed by atoms with Gasteiger partial charge in [-0.2, -0.15) is 5.10 Å². The maximum atomic E-state index is 12.4. The van der Waals surface area contributed by atoms with E-state index in [0.29, 0.717) is 6.54 Å². The smallest absolute Gasteiger partial charge is 0.223 e. The van der Waals surface area contributed by atoms with Crippen LogP contribution < -0.4 is 5.32 Å². The van der Waals surface area contributed by atoms with E-state index in [0.717, 1.165) is 31.8 Å². The van der Waals surface area contributed by atoms with Crippen molar-refractivity contribution >= 4 is 5.91 Å². The first-order chi connectivity index (χ1) is 12.0. The Morgan fingerprint density at radius 1 is 1.36 bits per heavy atom. The molecule has 6 nitrogen and oxygen atoms in total. The normalized spacial score (nSPS) is 23.1. The van der Waals surface area contributed by atoms with Crippen LogP contribution in [0.1, 0.15) is 43.1 Å². The van der Waals surface area contributed by atoms with Crippen LogP contribution in [0.3, 0.4) is 0 Å². The minimum absolute atomic E-state index is 0.0332. The molecule has 4 rings (SSSR count). The van der Waals surface area contributed by atoms with Crippen molar-refractivity contribution in [2.24, 2.45) is 5.92 Å². The average Bonchev–Trinajstić information content (AvgIpc) is 3.24. The standard InChI is InChI=1S/C19H25N5O/c1-19(2,24-8-7-13-5-3-4-6-14(13)10-24)11-20-18(25)16-9-15(16)17-21-12-22-23-17/h3-6,12,15-16H,7-11H2,1-2H3,(H,20,25)(H,21,22,23). The third-order valence-electron chi connectivity index (χ3n) is 5.59. The van der Waals surface area contributed by atoms with Gasteiger partial charge < -0.3 is 5.32 Å². The maximum absolute atomic E-state index is 12.4. The molecule has 2 heterocycles. The van der Waals surface area contributed by atoms with Crippen molar-refractivity contribution in [3.63, 3.8) is 0 Å². The van der Waals surface area contributed by atoms with Gasteiger partial charge in [-0.25, -0.2) is 4.98 Å². The van der Waals surface area contributed by atoms with Crippen molar-refractivity contribution in [3.05, 3.63) is 47.5 Å². The first-order valence-electron chi connectivity index (χ1n) is 8.99. The number of rotatable bonds is 5. The second-order valence-corrected chi connectivity index (χ2v) is 7.79. The first-order valence-corrected chi connectivity index (χ1v) is 8.99. The molecule has 2 N–H and O–H groups in total. The molecule has 25 heavy (non-hydrogen) atoms. The Labute approximate surface area is 148 Å². The van der Waals surface area contributed by atoms with Crippen LogP contribution in [0.5, 0.6) is 0 Å². The van der Waals surface area contributed by atoms with Crippen LogP contribution in [0.15, 0.2) is 30.6 Å². The zero-order chi connectivity index (χ0) is 17.4. The second kappa shape index (κ2) is 6.26. The number of nitrogens with zero attached hydrogens (tertiary/aromatic N) is 3. The highest BCUT2D eigenvalue weighted by Crippen LogP contribution is 2.45. The third kappa shape index (κ3) is 3.31. The summed E-state index contributed by atoms with van der Waals surface area (Å²) in [5, 5.41) is 9.89. The number of carbonyl (C=O) groups is 1. The van der Waals surface area contributed by atoms with Gasteiger partial charge in [-0.1, -0.05) is 24.3 Å². The van der Waals surface area contributed by atoms with Crippen molar-refractivity contribution in [1.82, 2.24) is 25.4 Å². The van der Waals surface area contributed by atoms with Crippen LogP contribution in [0.4, 0.5) is 0 Å². The molecule has 2 atom stereocenters. The molecule has 1 aromatic carbocycles. The molecule has 1 fully saturated rings. The molecule has 2 unspecified atom stereocenters. The van der Waals surface area contributed by atoms with Gasteiger partial charge >= 0.3 is 0 Å². The molecular weight excluding hydrogens is 314 g/mol. The van der Waals surface area contributed by atoms with Gasteiger partial charge in [-0.3, -0.25) is 14.8 Å². The van der Waals surface area contributed by atoms with Gasteiger partial charge in [0.1, 0.15) is 12.2 Å². The van der Waals surface area contributed by atoms with E-state index in [2.05, 4.69) is 63.5 Å². The van der Waals surface area contributed by atoms with Gasteiger partial charge in [0.05, 0.1) is 0 Å². The summed E-state index contributed by atoms with van der Waals surface area (Å²) in [6, 6.07) is 8.65. The molecule has 6 heteroatoms. The van der Waals surface area contributed by atoms with Crippen molar-refractivity contribution in [3.8, 4) is 0 Å². The summed E-state index contributed by atoms with van der Waals surface area (Å²) < 4.78 is 0. The molecule has 132 valence electrons. The number of fused-ring (bicyclic) bond motifs is 1. The third-order valence-corrected chi connectivity index (χ3v) is 5.59. The van der Waals surface area contributed by atoms with Gasteiger partial charge in [0, 0.05) is 37.0 Å². The lowest BCUT2D eigenvalue weighted by Crippen LogP contribution is -2.53. The van der Waals surface area contributed by atoms with E-state index in [1.54, 1.807) is 0 Å². The molecule has 1 saturated carbocycles.